The van der Waals surface area contributed by atoms with E-state index in [9.17, 15) is 5.11 Å². The van der Waals surface area contributed by atoms with Gasteiger partial charge in [0.25, 0.3) is 0 Å². The minimum absolute atomic E-state index is 0.469. The molecule has 1 aromatic carbocycles. The third kappa shape index (κ3) is 3.35. The molecule has 100 valence electrons. The first-order chi connectivity index (χ1) is 8.62. The summed E-state index contributed by atoms with van der Waals surface area (Å²) in [6.45, 7) is 4.31. The summed E-state index contributed by atoms with van der Waals surface area (Å²) in [4.78, 5) is 0. The fourth-order valence-corrected chi connectivity index (χ4v) is 3.38. The molecule has 0 radical (unpaired) electrons. The summed E-state index contributed by atoms with van der Waals surface area (Å²) in [5.74, 6) is 1.29. The molecule has 0 aromatic heterocycles. The van der Waals surface area contributed by atoms with Crippen LogP contribution in [0.5, 0.6) is 0 Å². The molecule has 1 aliphatic rings. The van der Waals surface area contributed by atoms with Crippen LogP contribution in [0.4, 0.5) is 0 Å². The molecule has 1 fully saturated rings. The number of benzene rings is 1. The van der Waals surface area contributed by atoms with Crippen molar-refractivity contribution in [1.82, 2.24) is 0 Å². The molecule has 3 unspecified atom stereocenters. The summed E-state index contributed by atoms with van der Waals surface area (Å²) in [6.07, 6.45) is 7.09. The maximum absolute atomic E-state index is 10.8. The summed E-state index contributed by atoms with van der Waals surface area (Å²) in [5.41, 5.74) is 0.705. The lowest BCUT2D eigenvalue weighted by molar-refractivity contribution is -0.0256. The molecule has 1 heteroatoms. The molecular formula is C17H26O. The predicted octanol–water partition coefficient (Wildman–Crippen LogP) is 4.20. The van der Waals surface area contributed by atoms with Gasteiger partial charge < -0.3 is 5.11 Å². The zero-order valence-corrected chi connectivity index (χ0v) is 11.7. The molecule has 0 saturated heterocycles. The third-order valence-electron chi connectivity index (χ3n) is 4.64. The van der Waals surface area contributed by atoms with Gasteiger partial charge in [0.2, 0.25) is 0 Å². The Morgan fingerprint density at radius 2 is 1.94 bits per heavy atom. The van der Waals surface area contributed by atoms with Crippen molar-refractivity contribution in [2.75, 3.05) is 0 Å². The lowest BCUT2D eigenvalue weighted by Gasteiger charge is -2.38. The topological polar surface area (TPSA) is 20.2 Å². The van der Waals surface area contributed by atoms with Crippen LogP contribution in [0.1, 0.15) is 51.5 Å². The summed E-state index contributed by atoms with van der Waals surface area (Å²) in [6, 6.07) is 10.4. The molecule has 1 aromatic rings. The fourth-order valence-electron chi connectivity index (χ4n) is 3.38. The predicted molar refractivity (Wildman–Crippen MR) is 76.5 cm³/mol. The van der Waals surface area contributed by atoms with Gasteiger partial charge in [-0.3, -0.25) is 0 Å². The molecule has 0 amide bonds. The van der Waals surface area contributed by atoms with Gasteiger partial charge in [-0.15, -0.1) is 0 Å². The molecule has 1 N–H and O–H groups in total. The van der Waals surface area contributed by atoms with Gasteiger partial charge in [-0.2, -0.15) is 0 Å². The van der Waals surface area contributed by atoms with E-state index in [1.54, 1.807) is 0 Å². The van der Waals surface area contributed by atoms with Crippen molar-refractivity contribution < 1.29 is 5.11 Å². The largest absolute Gasteiger partial charge is 0.390 e. The number of hydrogen-bond acceptors (Lipinski definition) is 1. The normalized spacial score (nSPS) is 27.7. The Bertz CT molecular complexity index is 355. The van der Waals surface area contributed by atoms with Gasteiger partial charge in [0, 0.05) is 6.42 Å². The molecule has 3 atom stereocenters. The minimum Gasteiger partial charge on any atom is -0.390 e. The maximum atomic E-state index is 10.8. The highest BCUT2D eigenvalue weighted by Crippen LogP contribution is 2.38. The molecule has 0 aliphatic heterocycles. The highest BCUT2D eigenvalue weighted by molar-refractivity contribution is 5.17. The molecule has 1 aliphatic carbocycles. The third-order valence-corrected chi connectivity index (χ3v) is 4.64. The van der Waals surface area contributed by atoms with Crippen molar-refractivity contribution in [2.45, 2.75) is 58.0 Å². The first kappa shape index (κ1) is 13.6. The Hall–Kier alpha value is -0.820. The maximum Gasteiger partial charge on any atom is 0.0688 e. The molecule has 0 bridgehead atoms. The summed E-state index contributed by atoms with van der Waals surface area (Å²) < 4.78 is 0. The van der Waals surface area contributed by atoms with E-state index in [1.807, 2.05) is 13.0 Å². The van der Waals surface area contributed by atoms with E-state index in [0.29, 0.717) is 5.92 Å². The highest BCUT2D eigenvalue weighted by Gasteiger charge is 2.35. The zero-order chi connectivity index (χ0) is 13.0. The summed E-state index contributed by atoms with van der Waals surface area (Å²) in [7, 11) is 0. The monoisotopic (exact) mass is 246 g/mol. The van der Waals surface area contributed by atoms with Crippen molar-refractivity contribution in [3.05, 3.63) is 35.9 Å². The Labute approximate surface area is 111 Å². The van der Waals surface area contributed by atoms with E-state index in [4.69, 9.17) is 0 Å². The van der Waals surface area contributed by atoms with Crippen molar-refractivity contribution in [1.29, 1.82) is 0 Å². The fraction of sp³-hybridized carbons (Fsp3) is 0.647. The van der Waals surface area contributed by atoms with Crippen LogP contribution in [0.2, 0.25) is 0 Å². The Kier molecular flexibility index (Phi) is 4.45. The minimum atomic E-state index is -0.546. The van der Waals surface area contributed by atoms with E-state index in [0.717, 1.165) is 12.3 Å². The van der Waals surface area contributed by atoms with Gasteiger partial charge in [0.1, 0.15) is 0 Å². The van der Waals surface area contributed by atoms with E-state index < -0.39 is 5.60 Å². The van der Waals surface area contributed by atoms with E-state index >= 15 is 0 Å². The quantitative estimate of drug-likeness (QED) is 0.844. The van der Waals surface area contributed by atoms with Crippen LogP contribution in [-0.2, 0) is 6.42 Å². The molecule has 2 rings (SSSR count). The van der Waals surface area contributed by atoms with Gasteiger partial charge >= 0.3 is 0 Å². The Morgan fingerprint density at radius 1 is 1.22 bits per heavy atom. The Morgan fingerprint density at radius 3 is 2.61 bits per heavy atom. The zero-order valence-electron chi connectivity index (χ0n) is 11.7. The summed E-state index contributed by atoms with van der Waals surface area (Å²) >= 11 is 0. The van der Waals surface area contributed by atoms with Crippen LogP contribution in [0.25, 0.3) is 0 Å². The van der Waals surface area contributed by atoms with Crippen LogP contribution >= 0.6 is 0 Å². The second-order valence-corrected chi connectivity index (χ2v) is 6.16. The molecule has 1 nitrogen and oxygen atoms in total. The second kappa shape index (κ2) is 5.88. The lowest BCUT2D eigenvalue weighted by Crippen LogP contribution is -2.39. The van der Waals surface area contributed by atoms with Crippen LogP contribution in [0.15, 0.2) is 30.3 Å². The number of hydrogen-bond donors (Lipinski definition) is 1. The molecular weight excluding hydrogens is 220 g/mol. The van der Waals surface area contributed by atoms with Crippen molar-refractivity contribution in [2.24, 2.45) is 11.8 Å². The van der Waals surface area contributed by atoms with Crippen molar-refractivity contribution in [3.8, 4) is 0 Å². The standard InChI is InChI=1S/C17H26O/c1-3-14-10-7-11-16(12-14)17(2,18)13-15-8-5-4-6-9-15/h4-6,8-9,14,16,18H,3,7,10-13H2,1-2H3. The lowest BCUT2D eigenvalue weighted by atomic mass is 9.71. The number of rotatable bonds is 4. The molecule has 1 saturated carbocycles. The van der Waals surface area contributed by atoms with Crippen molar-refractivity contribution in [3.63, 3.8) is 0 Å². The molecule has 18 heavy (non-hydrogen) atoms. The van der Waals surface area contributed by atoms with E-state index in [2.05, 4.69) is 31.2 Å². The van der Waals surface area contributed by atoms with Gasteiger partial charge in [-0.25, -0.2) is 0 Å². The summed E-state index contributed by atoms with van der Waals surface area (Å²) in [5, 5.41) is 10.8. The van der Waals surface area contributed by atoms with Gasteiger partial charge in [0.15, 0.2) is 0 Å². The smallest absolute Gasteiger partial charge is 0.0688 e. The van der Waals surface area contributed by atoms with Crippen LogP contribution in [-0.4, -0.2) is 10.7 Å². The molecule has 0 spiro atoms. The molecule has 0 heterocycles. The Balaban J connectivity index is 2.01. The van der Waals surface area contributed by atoms with Gasteiger partial charge in [-0.1, -0.05) is 56.5 Å². The second-order valence-electron chi connectivity index (χ2n) is 6.16. The van der Waals surface area contributed by atoms with E-state index in [-0.39, 0.29) is 0 Å². The first-order valence-electron chi connectivity index (χ1n) is 7.38. The van der Waals surface area contributed by atoms with Crippen LogP contribution in [0, 0.1) is 11.8 Å². The highest BCUT2D eigenvalue weighted by atomic mass is 16.3. The van der Waals surface area contributed by atoms with Crippen LogP contribution < -0.4 is 0 Å². The SMILES string of the molecule is CCC1CCCC(C(C)(O)Cc2ccccc2)C1. The average Bonchev–Trinajstić information content (AvgIpc) is 2.39. The first-order valence-corrected chi connectivity index (χ1v) is 7.38. The van der Waals surface area contributed by atoms with Gasteiger partial charge in [-0.05, 0) is 37.2 Å². The van der Waals surface area contributed by atoms with Crippen LogP contribution in [0.3, 0.4) is 0 Å². The number of aliphatic hydroxyl groups is 1. The average molecular weight is 246 g/mol. The van der Waals surface area contributed by atoms with E-state index in [1.165, 1.54) is 37.7 Å². The van der Waals surface area contributed by atoms with Gasteiger partial charge in [0.05, 0.1) is 5.60 Å². The van der Waals surface area contributed by atoms with Crippen molar-refractivity contribution >= 4 is 0 Å².